The molecule has 0 aromatic heterocycles. The fraction of sp³-hybridized carbons (Fsp3) is 0.458. The number of benzene rings is 2. The van der Waals surface area contributed by atoms with Crippen molar-refractivity contribution < 1.29 is 9.18 Å². The molecule has 29 heavy (non-hydrogen) atoms. The summed E-state index contributed by atoms with van der Waals surface area (Å²) in [5, 5.41) is 3.16. The number of nitrogens with one attached hydrogen (secondary N) is 1. The molecule has 2 aliphatic rings. The van der Waals surface area contributed by atoms with Gasteiger partial charge >= 0.3 is 0 Å². The second kappa shape index (κ2) is 8.54. The number of para-hydroxylation sites is 1. The minimum Gasteiger partial charge on any atom is -0.365 e. The van der Waals surface area contributed by atoms with Gasteiger partial charge in [0, 0.05) is 38.4 Å². The summed E-state index contributed by atoms with van der Waals surface area (Å²) in [6, 6.07) is 15.4. The number of amides is 1. The lowest BCUT2D eigenvalue weighted by Gasteiger charge is -2.49. The predicted octanol–water partition coefficient (Wildman–Crippen LogP) is 3.46. The van der Waals surface area contributed by atoms with Crippen molar-refractivity contribution in [2.45, 2.75) is 32.9 Å². The first-order valence-electron chi connectivity index (χ1n) is 10.6. The van der Waals surface area contributed by atoms with Gasteiger partial charge in [0.15, 0.2) is 0 Å². The zero-order valence-corrected chi connectivity index (χ0v) is 17.3. The third-order valence-electron chi connectivity index (χ3n) is 6.05. The Balaban J connectivity index is 1.54. The largest absolute Gasteiger partial charge is 0.365 e. The molecule has 0 saturated carbocycles. The lowest BCUT2D eigenvalue weighted by atomic mass is 9.83. The highest BCUT2D eigenvalue weighted by Crippen LogP contribution is 2.36. The first kappa shape index (κ1) is 19.9. The monoisotopic (exact) mass is 395 g/mol. The number of hydrogen-bond acceptors (Lipinski definition) is 3. The average molecular weight is 396 g/mol. The zero-order chi connectivity index (χ0) is 20.4. The smallest absolute Gasteiger partial charge is 0.225 e. The number of piperazine rings is 1. The summed E-state index contributed by atoms with van der Waals surface area (Å²) in [7, 11) is 0. The molecule has 2 aliphatic heterocycles. The van der Waals surface area contributed by atoms with Crippen LogP contribution in [0.25, 0.3) is 0 Å². The fourth-order valence-electron chi connectivity index (χ4n) is 4.54. The van der Waals surface area contributed by atoms with Gasteiger partial charge in [0.25, 0.3) is 0 Å². The number of anilines is 1. The van der Waals surface area contributed by atoms with E-state index in [0.29, 0.717) is 12.5 Å². The van der Waals surface area contributed by atoms with Crippen LogP contribution < -0.4 is 10.2 Å². The Hall–Kier alpha value is -2.40. The third kappa shape index (κ3) is 4.45. The fourth-order valence-corrected chi connectivity index (χ4v) is 4.54. The Morgan fingerprint density at radius 2 is 1.90 bits per heavy atom. The highest BCUT2D eigenvalue weighted by Gasteiger charge is 2.41. The van der Waals surface area contributed by atoms with Gasteiger partial charge in [-0.3, -0.25) is 9.69 Å². The van der Waals surface area contributed by atoms with E-state index in [1.165, 1.54) is 23.4 Å². The van der Waals surface area contributed by atoms with Crippen molar-refractivity contribution in [3.63, 3.8) is 0 Å². The number of nitrogens with zero attached hydrogens (tertiary/aromatic N) is 2. The van der Waals surface area contributed by atoms with E-state index in [1.807, 2.05) is 12.1 Å². The van der Waals surface area contributed by atoms with Crippen molar-refractivity contribution in [3.05, 3.63) is 65.5 Å². The van der Waals surface area contributed by atoms with Gasteiger partial charge in [-0.15, -0.1) is 0 Å². The summed E-state index contributed by atoms with van der Waals surface area (Å²) in [5.41, 5.74) is 3.64. The van der Waals surface area contributed by atoms with Crippen LogP contribution in [-0.2, 0) is 17.8 Å². The molecule has 1 N–H and O–H groups in total. The Morgan fingerprint density at radius 1 is 1.14 bits per heavy atom. The van der Waals surface area contributed by atoms with Gasteiger partial charge in [0.2, 0.25) is 5.91 Å². The van der Waals surface area contributed by atoms with Gasteiger partial charge in [-0.1, -0.05) is 44.2 Å². The van der Waals surface area contributed by atoms with Crippen molar-refractivity contribution >= 4 is 11.6 Å². The number of rotatable bonds is 5. The summed E-state index contributed by atoms with van der Waals surface area (Å²) in [5.74, 6) is 0.336. The Kier molecular flexibility index (Phi) is 5.86. The standard InChI is InChI=1S/C24H30FN3O/c1-17(2)14-26-24(29)21-13-19-5-3-4-6-22(19)28-12-11-27(16-23(21)28)15-18-7-9-20(25)10-8-18/h3-10,17,21,23H,11-16H2,1-2H3,(H,26,29)/t21-,23+/m1/s1. The van der Waals surface area contributed by atoms with Crippen molar-refractivity contribution in [1.29, 1.82) is 0 Å². The predicted molar refractivity (Wildman–Crippen MR) is 114 cm³/mol. The molecule has 0 radical (unpaired) electrons. The Bertz CT molecular complexity index is 851. The molecule has 0 unspecified atom stereocenters. The van der Waals surface area contributed by atoms with Crippen LogP contribution in [0.4, 0.5) is 10.1 Å². The molecule has 2 heterocycles. The summed E-state index contributed by atoms with van der Waals surface area (Å²) >= 11 is 0. The highest BCUT2D eigenvalue weighted by atomic mass is 19.1. The van der Waals surface area contributed by atoms with E-state index in [2.05, 4.69) is 53.2 Å². The molecule has 2 atom stereocenters. The van der Waals surface area contributed by atoms with Crippen LogP contribution in [0.1, 0.15) is 25.0 Å². The topological polar surface area (TPSA) is 35.6 Å². The molecule has 0 spiro atoms. The average Bonchev–Trinajstić information content (AvgIpc) is 2.73. The maximum atomic E-state index is 13.2. The van der Waals surface area contributed by atoms with Gasteiger partial charge in [-0.05, 0) is 41.7 Å². The van der Waals surface area contributed by atoms with Gasteiger partial charge in [-0.2, -0.15) is 0 Å². The van der Waals surface area contributed by atoms with Crippen LogP contribution in [0.5, 0.6) is 0 Å². The van der Waals surface area contributed by atoms with Crippen LogP contribution in [0.3, 0.4) is 0 Å². The van der Waals surface area contributed by atoms with Gasteiger partial charge in [0.1, 0.15) is 5.82 Å². The number of halogens is 1. The van der Waals surface area contributed by atoms with Gasteiger partial charge in [0.05, 0.1) is 12.0 Å². The van der Waals surface area contributed by atoms with E-state index < -0.39 is 0 Å². The summed E-state index contributed by atoms with van der Waals surface area (Å²) < 4.78 is 13.2. The normalized spacial score (nSPS) is 21.6. The second-order valence-corrected chi connectivity index (χ2v) is 8.70. The molecular weight excluding hydrogens is 365 g/mol. The summed E-state index contributed by atoms with van der Waals surface area (Å²) in [6.45, 7) is 8.40. The molecule has 0 aliphatic carbocycles. The molecule has 1 amide bonds. The Labute approximate surface area is 172 Å². The molecular formula is C24H30FN3O. The minimum atomic E-state index is -0.204. The van der Waals surface area contributed by atoms with E-state index in [-0.39, 0.29) is 23.7 Å². The molecule has 5 heteroatoms. The van der Waals surface area contributed by atoms with E-state index >= 15 is 0 Å². The quantitative estimate of drug-likeness (QED) is 0.842. The number of carbonyl (C=O) groups excluding carboxylic acids is 1. The molecule has 154 valence electrons. The SMILES string of the molecule is CC(C)CNC(=O)[C@@H]1Cc2ccccc2N2CCN(Cc3ccc(F)cc3)C[C@@H]12. The first-order valence-corrected chi connectivity index (χ1v) is 10.6. The second-order valence-electron chi connectivity index (χ2n) is 8.70. The zero-order valence-electron chi connectivity index (χ0n) is 17.3. The molecule has 4 rings (SSSR count). The van der Waals surface area contributed by atoms with Crippen LogP contribution >= 0.6 is 0 Å². The van der Waals surface area contributed by atoms with Crippen molar-refractivity contribution in [1.82, 2.24) is 10.2 Å². The van der Waals surface area contributed by atoms with E-state index in [9.17, 15) is 9.18 Å². The molecule has 2 aromatic carbocycles. The molecule has 1 saturated heterocycles. The molecule has 0 bridgehead atoms. The Morgan fingerprint density at radius 3 is 2.66 bits per heavy atom. The molecule has 4 nitrogen and oxygen atoms in total. The van der Waals surface area contributed by atoms with Crippen molar-refractivity contribution in [2.24, 2.45) is 11.8 Å². The van der Waals surface area contributed by atoms with Gasteiger partial charge < -0.3 is 10.2 Å². The molecule has 2 aromatic rings. The number of fused-ring (bicyclic) bond motifs is 3. The number of carbonyl (C=O) groups is 1. The minimum absolute atomic E-state index is 0.0559. The summed E-state index contributed by atoms with van der Waals surface area (Å²) in [6.07, 6.45) is 0.783. The van der Waals surface area contributed by atoms with Gasteiger partial charge in [-0.25, -0.2) is 4.39 Å². The van der Waals surface area contributed by atoms with Crippen LogP contribution in [0, 0.1) is 17.7 Å². The van der Waals surface area contributed by atoms with E-state index in [0.717, 1.165) is 38.2 Å². The van der Waals surface area contributed by atoms with E-state index in [4.69, 9.17) is 0 Å². The van der Waals surface area contributed by atoms with Crippen molar-refractivity contribution in [2.75, 3.05) is 31.1 Å². The van der Waals surface area contributed by atoms with E-state index in [1.54, 1.807) is 0 Å². The maximum absolute atomic E-state index is 13.2. The summed E-state index contributed by atoms with van der Waals surface area (Å²) in [4.78, 5) is 17.9. The van der Waals surface area contributed by atoms with Crippen molar-refractivity contribution in [3.8, 4) is 0 Å². The lowest BCUT2D eigenvalue weighted by Crippen LogP contribution is -2.61. The highest BCUT2D eigenvalue weighted by molar-refractivity contribution is 5.82. The number of hydrogen-bond donors (Lipinski definition) is 1. The maximum Gasteiger partial charge on any atom is 0.225 e. The van der Waals surface area contributed by atoms with Crippen LogP contribution in [0.15, 0.2) is 48.5 Å². The lowest BCUT2D eigenvalue weighted by molar-refractivity contribution is -0.126. The van der Waals surface area contributed by atoms with Crippen LogP contribution in [-0.4, -0.2) is 43.0 Å². The third-order valence-corrected chi connectivity index (χ3v) is 6.05. The first-order chi connectivity index (χ1) is 14.0. The molecule has 1 fully saturated rings. The van der Waals surface area contributed by atoms with Crippen LogP contribution in [0.2, 0.25) is 0 Å².